The fourth-order valence-corrected chi connectivity index (χ4v) is 1.76. The lowest BCUT2D eigenvalue weighted by atomic mass is 10.5. The Morgan fingerprint density at radius 2 is 2.64 bits per heavy atom. The summed E-state index contributed by atoms with van der Waals surface area (Å²) in [6, 6.07) is 0. The van der Waals surface area contributed by atoms with Gasteiger partial charge in [-0.25, -0.2) is 4.98 Å². The third kappa shape index (κ3) is 1.94. The Labute approximate surface area is 73.0 Å². The van der Waals surface area contributed by atoms with Gasteiger partial charge in [0.05, 0.1) is 5.51 Å². The van der Waals surface area contributed by atoms with Crippen molar-refractivity contribution in [1.82, 2.24) is 4.98 Å². The van der Waals surface area contributed by atoms with Crippen molar-refractivity contribution in [3.63, 3.8) is 0 Å². The first-order valence-electron chi connectivity index (χ1n) is 3.11. The molecule has 2 N–H and O–H groups in total. The van der Waals surface area contributed by atoms with Crippen LogP contribution in [0.4, 0.5) is 5.00 Å². The fraction of sp³-hybridized carbons (Fsp3) is 0.333. The largest absolute Gasteiger partial charge is 0.389 e. The van der Waals surface area contributed by atoms with E-state index in [-0.39, 0.29) is 5.12 Å². The quantitative estimate of drug-likeness (QED) is 0.766. The second-order valence-electron chi connectivity index (χ2n) is 1.79. The molecule has 1 rings (SSSR count). The topological polar surface area (TPSA) is 56.0 Å². The van der Waals surface area contributed by atoms with E-state index in [4.69, 9.17) is 5.73 Å². The molecule has 0 bridgehead atoms. The minimum atomic E-state index is -0.0359. The molecule has 0 amide bonds. The van der Waals surface area contributed by atoms with Gasteiger partial charge < -0.3 is 5.73 Å². The van der Waals surface area contributed by atoms with E-state index in [0.717, 1.165) is 5.75 Å². The van der Waals surface area contributed by atoms with Crippen LogP contribution in [0, 0.1) is 0 Å². The van der Waals surface area contributed by atoms with E-state index in [1.54, 1.807) is 5.51 Å². The number of rotatable bonds is 2. The number of carbonyl (C=O) groups is 1. The summed E-state index contributed by atoms with van der Waals surface area (Å²) >= 11 is 2.52. The normalized spacial score (nSPS) is 9.91. The summed E-state index contributed by atoms with van der Waals surface area (Å²) in [7, 11) is 0. The number of anilines is 1. The van der Waals surface area contributed by atoms with Crippen molar-refractivity contribution in [2.45, 2.75) is 6.92 Å². The van der Waals surface area contributed by atoms with E-state index in [1.165, 1.54) is 23.1 Å². The predicted molar refractivity (Wildman–Crippen MR) is 49.0 cm³/mol. The van der Waals surface area contributed by atoms with Crippen molar-refractivity contribution in [3.05, 3.63) is 11.2 Å². The van der Waals surface area contributed by atoms with Gasteiger partial charge in [-0.2, -0.15) is 0 Å². The van der Waals surface area contributed by atoms with Gasteiger partial charge in [0.15, 0.2) is 5.69 Å². The first kappa shape index (κ1) is 8.55. The molecule has 0 aliphatic rings. The molecule has 0 fully saturated rings. The summed E-state index contributed by atoms with van der Waals surface area (Å²) in [5.41, 5.74) is 7.48. The smallest absolute Gasteiger partial charge is 0.240 e. The van der Waals surface area contributed by atoms with Crippen molar-refractivity contribution in [3.8, 4) is 0 Å². The zero-order chi connectivity index (χ0) is 8.27. The van der Waals surface area contributed by atoms with Crippen LogP contribution in [0.3, 0.4) is 0 Å². The number of nitrogens with two attached hydrogens (primary N) is 1. The summed E-state index contributed by atoms with van der Waals surface area (Å²) in [5.74, 6) is 0.760. The van der Waals surface area contributed by atoms with Crippen LogP contribution >= 0.6 is 23.1 Å². The molecule has 0 atom stereocenters. The molecule has 5 heteroatoms. The monoisotopic (exact) mass is 188 g/mol. The first-order chi connectivity index (χ1) is 5.25. The fourth-order valence-electron chi connectivity index (χ4n) is 0.608. The summed E-state index contributed by atoms with van der Waals surface area (Å²) < 4.78 is 0. The third-order valence-electron chi connectivity index (χ3n) is 1.06. The minimum Gasteiger partial charge on any atom is -0.389 e. The summed E-state index contributed by atoms with van der Waals surface area (Å²) in [6.07, 6.45) is 0. The SMILES string of the molecule is CCSC(=O)c1ncsc1N. The van der Waals surface area contributed by atoms with Gasteiger partial charge in [-0.1, -0.05) is 18.7 Å². The maximum Gasteiger partial charge on any atom is 0.240 e. The van der Waals surface area contributed by atoms with E-state index in [1.807, 2.05) is 6.92 Å². The standard InChI is InChI=1S/C6H8N2OS2/c1-2-10-6(9)4-5(7)11-3-8-4/h3H,2,7H2,1H3. The maximum absolute atomic E-state index is 11.2. The summed E-state index contributed by atoms with van der Waals surface area (Å²) in [6.45, 7) is 1.92. The zero-order valence-electron chi connectivity index (χ0n) is 6.03. The molecule has 0 radical (unpaired) electrons. The second-order valence-corrected chi connectivity index (χ2v) is 3.91. The number of aromatic nitrogens is 1. The molecule has 0 aliphatic heterocycles. The van der Waals surface area contributed by atoms with E-state index < -0.39 is 0 Å². The molecule has 1 aromatic heterocycles. The Bertz CT molecular complexity index is 259. The Hall–Kier alpha value is -0.550. The highest BCUT2D eigenvalue weighted by Crippen LogP contribution is 2.20. The van der Waals surface area contributed by atoms with Crippen LogP contribution in [-0.4, -0.2) is 15.9 Å². The summed E-state index contributed by atoms with van der Waals surface area (Å²) in [4.78, 5) is 15.0. The van der Waals surface area contributed by atoms with Gasteiger partial charge in [-0.3, -0.25) is 4.79 Å². The number of carbonyl (C=O) groups excluding carboxylic acids is 1. The molecular formula is C6H8N2OS2. The third-order valence-corrected chi connectivity index (χ3v) is 2.47. The van der Waals surface area contributed by atoms with Crippen LogP contribution in [0.2, 0.25) is 0 Å². The highest BCUT2D eigenvalue weighted by Gasteiger charge is 2.11. The first-order valence-corrected chi connectivity index (χ1v) is 4.98. The van der Waals surface area contributed by atoms with Gasteiger partial charge in [0.25, 0.3) is 0 Å². The van der Waals surface area contributed by atoms with E-state index in [0.29, 0.717) is 10.7 Å². The molecule has 0 saturated carbocycles. The molecule has 11 heavy (non-hydrogen) atoms. The molecular weight excluding hydrogens is 180 g/mol. The molecule has 0 unspecified atom stereocenters. The van der Waals surface area contributed by atoms with Crippen molar-refractivity contribution < 1.29 is 4.79 Å². The second kappa shape index (κ2) is 3.73. The molecule has 60 valence electrons. The van der Waals surface area contributed by atoms with E-state index in [2.05, 4.69) is 4.98 Å². The predicted octanol–water partition coefficient (Wildman–Crippen LogP) is 1.62. The molecule has 0 aliphatic carbocycles. The molecule has 1 aromatic rings. The van der Waals surface area contributed by atoms with Crippen LogP contribution in [0.25, 0.3) is 0 Å². The van der Waals surface area contributed by atoms with Crippen LogP contribution in [0.1, 0.15) is 17.4 Å². The highest BCUT2D eigenvalue weighted by molar-refractivity contribution is 8.14. The van der Waals surface area contributed by atoms with Gasteiger partial charge in [0, 0.05) is 0 Å². The molecule has 1 heterocycles. The Morgan fingerprint density at radius 1 is 1.91 bits per heavy atom. The van der Waals surface area contributed by atoms with Crippen molar-refractivity contribution in [2.24, 2.45) is 0 Å². The van der Waals surface area contributed by atoms with Crippen molar-refractivity contribution in [1.29, 1.82) is 0 Å². The lowest BCUT2D eigenvalue weighted by Crippen LogP contribution is -1.98. The van der Waals surface area contributed by atoms with Gasteiger partial charge in [0.2, 0.25) is 5.12 Å². The molecule has 0 saturated heterocycles. The van der Waals surface area contributed by atoms with Crippen LogP contribution in [0.15, 0.2) is 5.51 Å². The lowest BCUT2D eigenvalue weighted by Gasteiger charge is -1.93. The van der Waals surface area contributed by atoms with Gasteiger partial charge >= 0.3 is 0 Å². The van der Waals surface area contributed by atoms with E-state index >= 15 is 0 Å². The lowest BCUT2D eigenvalue weighted by molar-refractivity contribution is 0.108. The number of nitrogen functional groups attached to an aromatic ring is 1. The molecule has 3 nitrogen and oxygen atoms in total. The number of nitrogens with zero attached hydrogens (tertiary/aromatic N) is 1. The maximum atomic E-state index is 11.2. The Balaban J connectivity index is 2.76. The van der Waals surface area contributed by atoms with Crippen LogP contribution in [0.5, 0.6) is 0 Å². The van der Waals surface area contributed by atoms with Crippen molar-refractivity contribution >= 4 is 33.2 Å². The molecule has 0 spiro atoms. The Kier molecular flexibility index (Phi) is 2.90. The van der Waals surface area contributed by atoms with E-state index in [9.17, 15) is 4.79 Å². The number of thioether (sulfide) groups is 1. The number of thiazole rings is 1. The zero-order valence-corrected chi connectivity index (χ0v) is 7.67. The van der Waals surface area contributed by atoms with Gasteiger partial charge in [-0.05, 0) is 5.75 Å². The Morgan fingerprint density at radius 3 is 3.09 bits per heavy atom. The number of hydrogen-bond donors (Lipinski definition) is 1. The van der Waals surface area contributed by atoms with Crippen molar-refractivity contribution in [2.75, 3.05) is 11.5 Å². The van der Waals surface area contributed by atoms with Crippen LogP contribution < -0.4 is 5.73 Å². The highest BCUT2D eigenvalue weighted by atomic mass is 32.2. The van der Waals surface area contributed by atoms with Gasteiger partial charge in [-0.15, -0.1) is 11.3 Å². The molecule has 0 aromatic carbocycles. The van der Waals surface area contributed by atoms with Crippen LogP contribution in [-0.2, 0) is 0 Å². The number of hydrogen-bond acceptors (Lipinski definition) is 5. The van der Waals surface area contributed by atoms with Gasteiger partial charge in [0.1, 0.15) is 5.00 Å². The summed E-state index contributed by atoms with van der Waals surface area (Å²) in [5, 5.41) is 0.474. The minimum absolute atomic E-state index is 0.0359. The average Bonchev–Trinajstić information content (AvgIpc) is 2.36. The average molecular weight is 188 g/mol.